The zero-order valence-corrected chi connectivity index (χ0v) is 5.43. The molecule has 3 heteroatoms. The maximum atomic E-state index is 4.02. The van der Waals surface area contributed by atoms with Crippen molar-refractivity contribution >= 4 is 24.8 Å². The topological polar surface area (TPSA) is 24.7 Å². The lowest BCUT2D eigenvalue weighted by atomic mass is 10.4. The van der Waals surface area contributed by atoms with Gasteiger partial charge in [0.15, 0.2) is 0 Å². The van der Waals surface area contributed by atoms with Crippen molar-refractivity contribution in [3.05, 3.63) is 23.5 Å². The smallest absolute Gasteiger partial charge is 0.0901 e. The Hall–Kier alpha value is -0.890. The highest BCUT2D eigenvalue weighted by Crippen LogP contribution is 2.19. The second kappa shape index (κ2) is 2.15. The van der Waals surface area contributed by atoms with Crippen LogP contribution in [0.15, 0.2) is 33.5 Å². The highest BCUT2D eigenvalue weighted by atomic mass is 35.5. The minimum absolute atomic E-state index is 0. The Morgan fingerprint density at radius 2 is 1.33 bits per heavy atom. The molecule has 0 aliphatic carbocycles. The second-order valence-electron chi connectivity index (χ2n) is 1.66. The Morgan fingerprint density at radius 3 is 1.78 bits per heavy atom. The predicted octanol–water partition coefficient (Wildman–Crippen LogP) is 1.34. The third kappa shape index (κ3) is 0.813. The van der Waals surface area contributed by atoms with Crippen molar-refractivity contribution in [2.45, 2.75) is 0 Å². The molecule has 0 fully saturated rings. The van der Waals surface area contributed by atoms with E-state index in [0.29, 0.717) is 0 Å². The first-order chi connectivity index (χ1) is 3.97. The highest BCUT2D eigenvalue weighted by Gasteiger charge is 2.07. The minimum Gasteiger partial charge on any atom is -0.254 e. The van der Waals surface area contributed by atoms with Crippen LogP contribution in [0, 0.1) is 0 Å². The molecular weight excluding hydrogens is 136 g/mol. The van der Waals surface area contributed by atoms with Crippen molar-refractivity contribution < 1.29 is 0 Å². The first-order valence-electron chi connectivity index (χ1n) is 2.46. The molecule has 0 amide bonds. The standard InChI is InChI=1S/C6H4N2.ClH/c1-3-7-6-2-4-8-5(1)6;/h1-4H;1H. The normalized spacial score (nSPS) is 18.7. The third-order valence-corrected chi connectivity index (χ3v) is 1.15. The fourth-order valence-corrected chi connectivity index (χ4v) is 0.765. The lowest BCUT2D eigenvalue weighted by Crippen LogP contribution is -1.66. The molecule has 2 rings (SSSR count). The van der Waals surface area contributed by atoms with Gasteiger partial charge < -0.3 is 0 Å². The SMILES string of the molecule is C1=NC2=CC=NC2=C1.Cl. The van der Waals surface area contributed by atoms with Gasteiger partial charge in [0.1, 0.15) is 0 Å². The number of hydrogen-bond donors (Lipinski definition) is 0. The van der Waals surface area contributed by atoms with Crippen molar-refractivity contribution in [2.24, 2.45) is 9.98 Å². The summed E-state index contributed by atoms with van der Waals surface area (Å²) in [5.41, 5.74) is 1.98. The van der Waals surface area contributed by atoms with Crippen LogP contribution in [-0.2, 0) is 0 Å². The average molecular weight is 141 g/mol. The van der Waals surface area contributed by atoms with Crippen LogP contribution < -0.4 is 0 Å². The molecule has 0 saturated heterocycles. The van der Waals surface area contributed by atoms with E-state index in [2.05, 4.69) is 9.98 Å². The van der Waals surface area contributed by atoms with Gasteiger partial charge in [-0.25, -0.2) is 0 Å². The molecule has 0 spiro atoms. The van der Waals surface area contributed by atoms with Gasteiger partial charge in [-0.05, 0) is 12.2 Å². The molecule has 2 aliphatic rings. The molecule has 46 valence electrons. The van der Waals surface area contributed by atoms with Crippen LogP contribution in [0.5, 0.6) is 0 Å². The van der Waals surface area contributed by atoms with E-state index < -0.39 is 0 Å². The van der Waals surface area contributed by atoms with Gasteiger partial charge in [0.25, 0.3) is 0 Å². The Bertz CT molecular complexity index is 209. The monoisotopic (exact) mass is 140 g/mol. The van der Waals surface area contributed by atoms with Gasteiger partial charge in [0, 0.05) is 12.4 Å². The van der Waals surface area contributed by atoms with Gasteiger partial charge in [-0.15, -0.1) is 12.4 Å². The Balaban J connectivity index is 0.000000405. The number of aliphatic imine (C=N–C) groups is 2. The zero-order chi connectivity index (χ0) is 5.40. The van der Waals surface area contributed by atoms with E-state index in [1.807, 2.05) is 12.2 Å². The van der Waals surface area contributed by atoms with Crippen LogP contribution in [-0.4, -0.2) is 12.4 Å². The molecule has 2 nitrogen and oxygen atoms in total. The van der Waals surface area contributed by atoms with Crippen molar-refractivity contribution in [3.63, 3.8) is 0 Å². The molecule has 2 aliphatic heterocycles. The number of halogens is 1. The van der Waals surface area contributed by atoms with Crippen LogP contribution in [0.25, 0.3) is 0 Å². The van der Waals surface area contributed by atoms with E-state index >= 15 is 0 Å². The molecule has 2 heterocycles. The minimum atomic E-state index is 0. The maximum absolute atomic E-state index is 4.02. The first kappa shape index (κ1) is 6.23. The van der Waals surface area contributed by atoms with Gasteiger partial charge in [0.05, 0.1) is 11.4 Å². The molecule has 0 atom stereocenters. The molecule has 0 aromatic rings. The summed E-state index contributed by atoms with van der Waals surface area (Å²) >= 11 is 0. The summed E-state index contributed by atoms with van der Waals surface area (Å²) < 4.78 is 0. The lowest BCUT2D eigenvalue weighted by Gasteiger charge is -1.83. The number of rotatable bonds is 0. The van der Waals surface area contributed by atoms with E-state index in [1.165, 1.54) is 0 Å². The lowest BCUT2D eigenvalue weighted by molar-refractivity contribution is 1.33. The number of nitrogens with zero attached hydrogens (tertiary/aromatic N) is 2. The van der Waals surface area contributed by atoms with Crippen LogP contribution in [0.3, 0.4) is 0 Å². The van der Waals surface area contributed by atoms with E-state index in [-0.39, 0.29) is 12.4 Å². The van der Waals surface area contributed by atoms with Gasteiger partial charge in [-0.2, -0.15) is 0 Å². The molecular formula is C6H5ClN2. The number of allylic oxidation sites excluding steroid dienone is 2. The maximum Gasteiger partial charge on any atom is 0.0901 e. The molecule has 0 radical (unpaired) electrons. The number of hydrogen-bond acceptors (Lipinski definition) is 2. The third-order valence-electron chi connectivity index (χ3n) is 1.15. The van der Waals surface area contributed by atoms with Gasteiger partial charge >= 0.3 is 0 Å². The van der Waals surface area contributed by atoms with Crippen LogP contribution in [0.1, 0.15) is 0 Å². The summed E-state index contributed by atoms with van der Waals surface area (Å²) in [4.78, 5) is 8.03. The summed E-state index contributed by atoms with van der Waals surface area (Å²) in [6.07, 6.45) is 7.32. The van der Waals surface area contributed by atoms with Crippen molar-refractivity contribution in [2.75, 3.05) is 0 Å². The zero-order valence-electron chi connectivity index (χ0n) is 4.61. The molecule has 0 aromatic carbocycles. The second-order valence-corrected chi connectivity index (χ2v) is 1.66. The quantitative estimate of drug-likeness (QED) is 0.485. The fraction of sp³-hybridized carbons (Fsp3) is 0. The Kier molecular flexibility index (Phi) is 1.49. The fourth-order valence-electron chi connectivity index (χ4n) is 0.765. The molecule has 0 saturated carbocycles. The van der Waals surface area contributed by atoms with Gasteiger partial charge in [0.2, 0.25) is 0 Å². The van der Waals surface area contributed by atoms with Crippen LogP contribution in [0.2, 0.25) is 0 Å². The summed E-state index contributed by atoms with van der Waals surface area (Å²) in [6.45, 7) is 0. The Labute approximate surface area is 59.1 Å². The van der Waals surface area contributed by atoms with E-state index in [0.717, 1.165) is 11.4 Å². The van der Waals surface area contributed by atoms with Gasteiger partial charge in [-0.3, -0.25) is 9.98 Å². The highest BCUT2D eigenvalue weighted by molar-refractivity contribution is 5.88. The van der Waals surface area contributed by atoms with E-state index in [4.69, 9.17) is 0 Å². The van der Waals surface area contributed by atoms with Crippen molar-refractivity contribution in [1.82, 2.24) is 0 Å². The molecule has 0 unspecified atom stereocenters. The predicted molar refractivity (Wildman–Crippen MR) is 40.4 cm³/mol. The molecule has 0 N–H and O–H groups in total. The molecule has 0 bridgehead atoms. The summed E-state index contributed by atoms with van der Waals surface area (Å²) in [5, 5.41) is 0. The Morgan fingerprint density at radius 1 is 0.889 bits per heavy atom. The van der Waals surface area contributed by atoms with E-state index in [1.54, 1.807) is 12.4 Å². The summed E-state index contributed by atoms with van der Waals surface area (Å²) in [7, 11) is 0. The van der Waals surface area contributed by atoms with Crippen molar-refractivity contribution in [3.8, 4) is 0 Å². The summed E-state index contributed by atoms with van der Waals surface area (Å²) in [5.74, 6) is 0. The first-order valence-corrected chi connectivity index (χ1v) is 2.46. The summed E-state index contributed by atoms with van der Waals surface area (Å²) in [6, 6.07) is 0. The van der Waals surface area contributed by atoms with Gasteiger partial charge in [-0.1, -0.05) is 0 Å². The molecule has 9 heavy (non-hydrogen) atoms. The number of fused-ring (bicyclic) bond motifs is 1. The average Bonchev–Trinajstić information content (AvgIpc) is 2.15. The van der Waals surface area contributed by atoms with Crippen molar-refractivity contribution in [1.29, 1.82) is 0 Å². The largest absolute Gasteiger partial charge is 0.254 e. The van der Waals surface area contributed by atoms with Crippen LogP contribution >= 0.6 is 12.4 Å². The molecule has 0 aromatic heterocycles. The van der Waals surface area contributed by atoms with E-state index in [9.17, 15) is 0 Å². The van der Waals surface area contributed by atoms with Crippen LogP contribution in [0.4, 0.5) is 0 Å².